The third-order valence-corrected chi connectivity index (χ3v) is 5.16. The third kappa shape index (κ3) is 4.08. The number of thiophene rings is 1. The number of aryl methyl sites for hydroxylation is 1. The maximum Gasteiger partial charge on any atom is 0.115 e. The van der Waals surface area contributed by atoms with Crippen LogP contribution in [0.15, 0.2) is 41.8 Å². The maximum absolute atomic E-state index is 9.32. The van der Waals surface area contributed by atoms with E-state index < -0.39 is 0 Å². The molecule has 0 saturated heterocycles. The van der Waals surface area contributed by atoms with Gasteiger partial charge in [-0.3, -0.25) is 0 Å². The van der Waals surface area contributed by atoms with Crippen molar-refractivity contribution >= 4 is 11.3 Å². The van der Waals surface area contributed by atoms with E-state index in [-0.39, 0.29) is 0 Å². The van der Waals surface area contributed by atoms with Crippen molar-refractivity contribution in [1.29, 1.82) is 0 Å². The standard InChI is InChI=1S/C18H23NOS/c1-13(4-5-14-6-10-16(20)11-7-14)19-18(15-8-9-15)17-3-2-12-21-17/h2-3,6-7,10-13,15,18-20H,4-5,8-9H2,1H3. The Labute approximate surface area is 130 Å². The summed E-state index contributed by atoms with van der Waals surface area (Å²) in [5.74, 6) is 1.18. The Balaban J connectivity index is 1.53. The molecule has 1 saturated carbocycles. The van der Waals surface area contributed by atoms with Crippen LogP contribution in [-0.2, 0) is 6.42 Å². The van der Waals surface area contributed by atoms with Gasteiger partial charge in [-0.1, -0.05) is 18.2 Å². The van der Waals surface area contributed by atoms with Gasteiger partial charge in [-0.05, 0) is 67.7 Å². The monoisotopic (exact) mass is 301 g/mol. The predicted octanol–water partition coefficient (Wildman–Crippen LogP) is 4.52. The Morgan fingerprint density at radius 2 is 2.00 bits per heavy atom. The van der Waals surface area contributed by atoms with Crippen LogP contribution in [0.5, 0.6) is 5.75 Å². The molecule has 21 heavy (non-hydrogen) atoms. The van der Waals surface area contributed by atoms with Crippen molar-refractivity contribution in [3.63, 3.8) is 0 Å². The first-order valence-electron chi connectivity index (χ1n) is 7.80. The van der Waals surface area contributed by atoms with Gasteiger partial charge in [-0.25, -0.2) is 0 Å². The molecule has 0 amide bonds. The van der Waals surface area contributed by atoms with Crippen LogP contribution >= 0.6 is 11.3 Å². The van der Waals surface area contributed by atoms with Crippen molar-refractivity contribution < 1.29 is 5.11 Å². The maximum atomic E-state index is 9.32. The van der Waals surface area contributed by atoms with Gasteiger partial charge in [0.05, 0.1) is 0 Å². The Kier molecular flexibility index (Phi) is 4.61. The summed E-state index contributed by atoms with van der Waals surface area (Å²) in [6.07, 6.45) is 4.90. The molecule has 1 heterocycles. The minimum absolute atomic E-state index is 0.344. The van der Waals surface area contributed by atoms with E-state index in [9.17, 15) is 5.11 Å². The quantitative estimate of drug-likeness (QED) is 0.788. The van der Waals surface area contributed by atoms with Gasteiger partial charge in [-0.2, -0.15) is 0 Å². The van der Waals surface area contributed by atoms with Crippen molar-refractivity contribution in [3.05, 3.63) is 52.2 Å². The summed E-state index contributed by atoms with van der Waals surface area (Å²) in [6.45, 7) is 2.28. The molecule has 0 spiro atoms. The van der Waals surface area contributed by atoms with Gasteiger partial charge in [0.2, 0.25) is 0 Å². The van der Waals surface area contributed by atoms with E-state index in [4.69, 9.17) is 0 Å². The number of phenols is 1. The van der Waals surface area contributed by atoms with Crippen LogP contribution in [0.1, 0.15) is 42.7 Å². The molecule has 3 rings (SSSR count). The van der Waals surface area contributed by atoms with Crippen LogP contribution in [0, 0.1) is 5.92 Å². The number of rotatable bonds is 7. The molecule has 1 aromatic heterocycles. The number of nitrogens with one attached hydrogen (secondary N) is 1. The number of hydrogen-bond acceptors (Lipinski definition) is 3. The topological polar surface area (TPSA) is 32.3 Å². The number of benzene rings is 1. The zero-order valence-corrected chi connectivity index (χ0v) is 13.3. The Bertz CT molecular complexity index is 545. The van der Waals surface area contributed by atoms with E-state index >= 15 is 0 Å². The fraction of sp³-hybridized carbons (Fsp3) is 0.444. The van der Waals surface area contributed by atoms with E-state index in [0.717, 1.165) is 18.8 Å². The van der Waals surface area contributed by atoms with E-state index in [0.29, 0.717) is 17.8 Å². The highest BCUT2D eigenvalue weighted by molar-refractivity contribution is 7.10. The molecule has 2 unspecified atom stereocenters. The molecule has 1 fully saturated rings. The molecular formula is C18H23NOS. The summed E-state index contributed by atoms with van der Waals surface area (Å²) in [4.78, 5) is 1.48. The van der Waals surface area contributed by atoms with Crippen LogP contribution in [0.3, 0.4) is 0 Å². The molecule has 1 aromatic carbocycles. The lowest BCUT2D eigenvalue weighted by atomic mass is 10.0. The van der Waals surface area contributed by atoms with E-state index in [1.165, 1.54) is 23.3 Å². The summed E-state index contributed by atoms with van der Waals surface area (Å²) in [5, 5.41) is 15.3. The molecule has 1 aliphatic rings. The minimum Gasteiger partial charge on any atom is -0.508 e. The molecule has 0 bridgehead atoms. The highest BCUT2D eigenvalue weighted by Crippen LogP contribution is 2.42. The molecule has 2 atom stereocenters. The number of hydrogen-bond donors (Lipinski definition) is 2. The second kappa shape index (κ2) is 6.63. The predicted molar refractivity (Wildman–Crippen MR) is 88.8 cm³/mol. The Hall–Kier alpha value is -1.32. The van der Waals surface area contributed by atoms with Crippen LogP contribution in [-0.4, -0.2) is 11.1 Å². The summed E-state index contributed by atoms with van der Waals surface area (Å²) in [6, 6.07) is 13.0. The van der Waals surface area contributed by atoms with Gasteiger partial charge < -0.3 is 10.4 Å². The average Bonchev–Trinajstić information content (AvgIpc) is 3.18. The van der Waals surface area contributed by atoms with Crippen LogP contribution in [0.2, 0.25) is 0 Å². The molecular weight excluding hydrogens is 278 g/mol. The van der Waals surface area contributed by atoms with Crippen molar-refractivity contribution in [2.24, 2.45) is 5.92 Å². The highest BCUT2D eigenvalue weighted by Gasteiger charge is 2.33. The molecule has 2 N–H and O–H groups in total. The molecule has 0 aliphatic heterocycles. The van der Waals surface area contributed by atoms with Crippen molar-refractivity contribution in [2.75, 3.05) is 0 Å². The number of aromatic hydroxyl groups is 1. The first-order chi connectivity index (χ1) is 10.2. The lowest BCUT2D eigenvalue weighted by molar-refractivity contribution is 0.408. The molecule has 1 aliphatic carbocycles. The summed E-state index contributed by atoms with van der Waals surface area (Å²) >= 11 is 1.87. The first kappa shape index (κ1) is 14.6. The Morgan fingerprint density at radius 3 is 2.62 bits per heavy atom. The fourth-order valence-corrected chi connectivity index (χ4v) is 3.66. The van der Waals surface area contributed by atoms with E-state index in [2.05, 4.69) is 29.8 Å². The Morgan fingerprint density at radius 1 is 1.24 bits per heavy atom. The van der Waals surface area contributed by atoms with Gasteiger partial charge in [0.25, 0.3) is 0 Å². The fourth-order valence-electron chi connectivity index (χ4n) is 2.78. The van der Waals surface area contributed by atoms with Gasteiger partial charge in [0.1, 0.15) is 5.75 Å². The van der Waals surface area contributed by atoms with Crippen molar-refractivity contribution in [2.45, 2.75) is 44.7 Å². The minimum atomic E-state index is 0.344. The van der Waals surface area contributed by atoms with Crippen LogP contribution < -0.4 is 5.32 Å². The van der Waals surface area contributed by atoms with E-state index in [1.54, 1.807) is 12.1 Å². The van der Waals surface area contributed by atoms with E-state index in [1.807, 2.05) is 23.5 Å². The number of phenolic OH excluding ortho intramolecular Hbond substituents is 1. The van der Waals surface area contributed by atoms with Gasteiger partial charge >= 0.3 is 0 Å². The van der Waals surface area contributed by atoms with Gasteiger partial charge in [0, 0.05) is 17.0 Å². The highest BCUT2D eigenvalue weighted by atomic mass is 32.1. The van der Waals surface area contributed by atoms with Crippen molar-refractivity contribution in [3.8, 4) is 5.75 Å². The van der Waals surface area contributed by atoms with Gasteiger partial charge in [-0.15, -0.1) is 11.3 Å². The molecule has 112 valence electrons. The lowest BCUT2D eigenvalue weighted by Crippen LogP contribution is -2.31. The SMILES string of the molecule is CC(CCc1ccc(O)cc1)NC(c1cccs1)C1CC1. The third-order valence-electron chi connectivity index (χ3n) is 4.21. The summed E-state index contributed by atoms with van der Waals surface area (Å²) in [5.41, 5.74) is 1.29. The molecule has 2 nitrogen and oxygen atoms in total. The van der Waals surface area contributed by atoms with Gasteiger partial charge in [0.15, 0.2) is 0 Å². The summed E-state index contributed by atoms with van der Waals surface area (Å²) < 4.78 is 0. The first-order valence-corrected chi connectivity index (χ1v) is 8.67. The van der Waals surface area contributed by atoms with Crippen LogP contribution in [0.25, 0.3) is 0 Å². The second-order valence-corrected chi connectivity index (χ2v) is 7.08. The second-order valence-electron chi connectivity index (χ2n) is 6.10. The molecule has 2 aromatic rings. The molecule has 3 heteroatoms. The average molecular weight is 301 g/mol. The largest absolute Gasteiger partial charge is 0.508 e. The molecule has 0 radical (unpaired) electrons. The zero-order valence-electron chi connectivity index (χ0n) is 12.5. The van der Waals surface area contributed by atoms with Crippen LogP contribution in [0.4, 0.5) is 0 Å². The zero-order chi connectivity index (χ0) is 14.7. The normalized spacial score (nSPS) is 17.6. The summed E-state index contributed by atoms with van der Waals surface area (Å²) in [7, 11) is 0. The lowest BCUT2D eigenvalue weighted by Gasteiger charge is -2.22. The van der Waals surface area contributed by atoms with Crippen molar-refractivity contribution in [1.82, 2.24) is 5.32 Å². The smallest absolute Gasteiger partial charge is 0.115 e.